The maximum absolute atomic E-state index is 12.0. The van der Waals surface area contributed by atoms with Gasteiger partial charge in [-0.25, -0.2) is 4.98 Å². The molecular formula is C14H23N3O2. The number of rotatable bonds is 8. The van der Waals surface area contributed by atoms with Crippen LogP contribution in [0, 0.1) is 0 Å². The highest BCUT2D eigenvalue weighted by Gasteiger charge is 2.09. The Labute approximate surface area is 115 Å². The van der Waals surface area contributed by atoms with E-state index >= 15 is 0 Å². The fourth-order valence-electron chi connectivity index (χ4n) is 1.80. The van der Waals surface area contributed by atoms with Gasteiger partial charge in [0.2, 0.25) is 0 Å². The monoisotopic (exact) mass is 265 g/mol. The number of aromatic nitrogens is 1. The molecule has 19 heavy (non-hydrogen) atoms. The van der Waals surface area contributed by atoms with Crippen molar-refractivity contribution in [1.29, 1.82) is 0 Å². The minimum atomic E-state index is -0.0630. The Hall–Kier alpha value is -1.62. The lowest BCUT2D eigenvalue weighted by Crippen LogP contribution is -2.27. The van der Waals surface area contributed by atoms with Crippen LogP contribution >= 0.6 is 0 Å². The summed E-state index contributed by atoms with van der Waals surface area (Å²) in [5, 5.41) is 2.87. The lowest BCUT2D eigenvalue weighted by molar-refractivity contribution is 0.0948. The molecule has 0 spiro atoms. The Bertz CT molecular complexity index is 392. The predicted molar refractivity (Wildman–Crippen MR) is 76.6 cm³/mol. The fraction of sp³-hybridized carbons (Fsp3) is 0.571. The molecular weight excluding hydrogens is 242 g/mol. The molecule has 0 aliphatic rings. The fourth-order valence-corrected chi connectivity index (χ4v) is 1.80. The van der Waals surface area contributed by atoms with E-state index in [2.05, 4.69) is 29.0 Å². The van der Waals surface area contributed by atoms with Crippen LogP contribution < -0.4 is 10.2 Å². The number of ether oxygens (including phenoxy) is 1. The van der Waals surface area contributed by atoms with Crippen LogP contribution in [0.3, 0.4) is 0 Å². The minimum Gasteiger partial charge on any atom is -0.385 e. The third-order valence-corrected chi connectivity index (χ3v) is 2.91. The number of anilines is 1. The zero-order valence-electron chi connectivity index (χ0n) is 12.0. The summed E-state index contributed by atoms with van der Waals surface area (Å²) in [5.74, 6) is 0.779. The minimum absolute atomic E-state index is 0.0630. The Morgan fingerprint density at radius 3 is 2.79 bits per heavy atom. The SMILES string of the molecule is CCN(CC)c1cc(C(=O)NCCCOC)ccn1. The molecule has 1 aromatic heterocycles. The second-order valence-corrected chi connectivity index (χ2v) is 4.18. The molecule has 0 aliphatic heterocycles. The number of hydrogen-bond donors (Lipinski definition) is 1. The van der Waals surface area contributed by atoms with Gasteiger partial charge in [0, 0.05) is 45.1 Å². The molecule has 0 saturated heterocycles. The Kier molecular flexibility index (Phi) is 6.89. The van der Waals surface area contributed by atoms with Crippen molar-refractivity contribution in [1.82, 2.24) is 10.3 Å². The summed E-state index contributed by atoms with van der Waals surface area (Å²) < 4.78 is 4.94. The van der Waals surface area contributed by atoms with Crippen LogP contribution in [-0.4, -0.2) is 44.2 Å². The van der Waals surface area contributed by atoms with Crippen LogP contribution in [0.1, 0.15) is 30.6 Å². The molecule has 1 rings (SSSR count). The van der Waals surface area contributed by atoms with Gasteiger partial charge >= 0.3 is 0 Å². The van der Waals surface area contributed by atoms with E-state index < -0.39 is 0 Å². The van der Waals surface area contributed by atoms with E-state index in [1.807, 2.05) is 6.07 Å². The molecule has 0 unspecified atom stereocenters. The molecule has 0 aromatic carbocycles. The van der Waals surface area contributed by atoms with Crippen LogP contribution in [0.2, 0.25) is 0 Å². The number of amides is 1. The second-order valence-electron chi connectivity index (χ2n) is 4.18. The first-order valence-electron chi connectivity index (χ1n) is 6.71. The molecule has 0 saturated carbocycles. The van der Waals surface area contributed by atoms with Crippen molar-refractivity contribution in [3.8, 4) is 0 Å². The highest BCUT2D eigenvalue weighted by Crippen LogP contribution is 2.12. The van der Waals surface area contributed by atoms with E-state index in [0.717, 1.165) is 25.3 Å². The standard InChI is InChI=1S/C14H23N3O2/c1-4-17(5-2)13-11-12(7-9-15-13)14(18)16-8-6-10-19-3/h7,9,11H,4-6,8,10H2,1-3H3,(H,16,18). The topological polar surface area (TPSA) is 54.5 Å². The first kappa shape index (κ1) is 15.4. The van der Waals surface area contributed by atoms with Crippen molar-refractivity contribution < 1.29 is 9.53 Å². The lowest BCUT2D eigenvalue weighted by atomic mass is 10.2. The van der Waals surface area contributed by atoms with Crippen molar-refractivity contribution in [2.45, 2.75) is 20.3 Å². The van der Waals surface area contributed by atoms with Crippen LogP contribution in [0.15, 0.2) is 18.3 Å². The van der Waals surface area contributed by atoms with E-state index in [0.29, 0.717) is 18.7 Å². The quantitative estimate of drug-likeness (QED) is 0.727. The smallest absolute Gasteiger partial charge is 0.251 e. The van der Waals surface area contributed by atoms with Gasteiger partial charge in [-0.1, -0.05) is 0 Å². The van der Waals surface area contributed by atoms with Crippen LogP contribution in [0.4, 0.5) is 5.82 Å². The molecule has 5 nitrogen and oxygen atoms in total. The van der Waals surface area contributed by atoms with Crippen LogP contribution in [0.25, 0.3) is 0 Å². The molecule has 0 aliphatic carbocycles. The van der Waals surface area contributed by atoms with E-state index in [1.54, 1.807) is 19.4 Å². The third kappa shape index (κ3) is 4.87. The molecule has 1 N–H and O–H groups in total. The van der Waals surface area contributed by atoms with Gasteiger partial charge < -0.3 is 15.0 Å². The molecule has 0 radical (unpaired) electrons. The predicted octanol–water partition coefficient (Wildman–Crippen LogP) is 1.69. The van der Waals surface area contributed by atoms with Crippen molar-refractivity contribution in [2.24, 2.45) is 0 Å². The lowest BCUT2D eigenvalue weighted by Gasteiger charge is -2.19. The Morgan fingerprint density at radius 1 is 1.42 bits per heavy atom. The normalized spacial score (nSPS) is 10.3. The summed E-state index contributed by atoms with van der Waals surface area (Å²) in [7, 11) is 1.65. The number of pyridine rings is 1. The first-order chi connectivity index (χ1) is 9.22. The Morgan fingerprint density at radius 2 is 2.16 bits per heavy atom. The van der Waals surface area contributed by atoms with E-state index in [9.17, 15) is 4.79 Å². The van der Waals surface area contributed by atoms with E-state index in [1.165, 1.54) is 0 Å². The highest BCUT2D eigenvalue weighted by molar-refractivity contribution is 5.94. The van der Waals surface area contributed by atoms with Gasteiger partial charge in [0.1, 0.15) is 5.82 Å². The maximum atomic E-state index is 12.0. The summed E-state index contributed by atoms with van der Waals surface area (Å²) >= 11 is 0. The van der Waals surface area contributed by atoms with Gasteiger partial charge in [0.25, 0.3) is 5.91 Å². The molecule has 0 fully saturated rings. The molecule has 1 heterocycles. The maximum Gasteiger partial charge on any atom is 0.251 e. The number of nitrogens with one attached hydrogen (secondary N) is 1. The van der Waals surface area contributed by atoms with Crippen molar-refractivity contribution in [3.63, 3.8) is 0 Å². The van der Waals surface area contributed by atoms with Gasteiger partial charge in [0.15, 0.2) is 0 Å². The average Bonchev–Trinajstić information content (AvgIpc) is 2.45. The average molecular weight is 265 g/mol. The summed E-state index contributed by atoms with van der Waals surface area (Å²) in [4.78, 5) is 18.4. The van der Waals surface area contributed by atoms with Gasteiger partial charge in [-0.15, -0.1) is 0 Å². The van der Waals surface area contributed by atoms with Crippen LogP contribution in [-0.2, 0) is 4.74 Å². The largest absolute Gasteiger partial charge is 0.385 e. The van der Waals surface area contributed by atoms with Crippen molar-refractivity contribution in [2.75, 3.05) is 38.3 Å². The number of carbonyl (C=O) groups is 1. The van der Waals surface area contributed by atoms with Gasteiger partial charge in [-0.05, 0) is 32.4 Å². The molecule has 0 atom stereocenters. The molecule has 106 valence electrons. The molecule has 5 heteroatoms. The highest BCUT2D eigenvalue weighted by atomic mass is 16.5. The number of carbonyl (C=O) groups excluding carboxylic acids is 1. The van der Waals surface area contributed by atoms with Crippen molar-refractivity contribution in [3.05, 3.63) is 23.9 Å². The van der Waals surface area contributed by atoms with E-state index in [-0.39, 0.29) is 5.91 Å². The number of nitrogens with zero attached hydrogens (tertiary/aromatic N) is 2. The summed E-state index contributed by atoms with van der Waals surface area (Å²) in [6.07, 6.45) is 2.49. The Balaban J connectivity index is 2.62. The molecule has 0 bridgehead atoms. The van der Waals surface area contributed by atoms with Gasteiger partial charge in [-0.3, -0.25) is 4.79 Å². The second kappa shape index (κ2) is 8.48. The first-order valence-corrected chi connectivity index (χ1v) is 6.71. The zero-order valence-corrected chi connectivity index (χ0v) is 12.0. The van der Waals surface area contributed by atoms with Crippen LogP contribution in [0.5, 0.6) is 0 Å². The summed E-state index contributed by atoms with van der Waals surface area (Å²) in [5.41, 5.74) is 0.648. The van der Waals surface area contributed by atoms with Crippen molar-refractivity contribution >= 4 is 11.7 Å². The van der Waals surface area contributed by atoms with Gasteiger partial charge in [-0.2, -0.15) is 0 Å². The number of methoxy groups -OCH3 is 1. The number of hydrogen-bond acceptors (Lipinski definition) is 4. The zero-order chi connectivity index (χ0) is 14.1. The third-order valence-electron chi connectivity index (χ3n) is 2.91. The molecule has 1 amide bonds. The summed E-state index contributed by atoms with van der Waals surface area (Å²) in [6.45, 7) is 7.17. The van der Waals surface area contributed by atoms with Gasteiger partial charge in [0.05, 0.1) is 0 Å². The van der Waals surface area contributed by atoms with E-state index in [4.69, 9.17) is 4.74 Å². The molecule has 1 aromatic rings. The summed E-state index contributed by atoms with van der Waals surface area (Å²) in [6, 6.07) is 3.57.